The minimum absolute atomic E-state index is 0.0712. The number of piperidine rings is 1. The van der Waals surface area contributed by atoms with Crippen molar-refractivity contribution in [1.82, 2.24) is 10.2 Å². The van der Waals surface area contributed by atoms with E-state index in [0.717, 1.165) is 18.4 Å². The fourth-order valence-corrected chi connectivity index (χ4v) is 3.05. The molecule has 144 valence electrons. The molecule has 1 aliphatic heterocycles. The Labute approximate surface area is 154 Å². The predicted molar refractivity (Wildman–Crippen MR) is 97.6 cm³/mol. The average Bonchev–Trinajstić information content (AvgIpc) is 2.67. The number of likely N-dealkylation sites (tertiary alicyclic amines) is 1. The van der Waals surface area contributed by atoms with Gasteiger partial charge in [-0.05, 0) is 43.9 Å². The summed E-state index contributed by atoms with van der Waals surface area (Å²) >= 11 is 0. The van der Waals surface area contributed by atoms with Gasteiger partial charge in [0.2, 0.25) is 5.91 Å². The van der Waals surface area contributed by atoms with Gasteiger partial charge >= 0.3 is 6.09 Å². The molecule has 1 saturated heterocycles. The van der Waals surface area contributed by atoms with Crippen LogP contribution in [0.4, 0.5) is 4.79 Å². The molecular formula is C19H28N2O5. The Morgan fingerprint density at radius 2 is 1.92 bits per heavy atom. The van der Waals surface area contributed by atoms with Gasteiger partial charge in [-0.25, -0.2) is 4.79 Å². The Morgan fingerprint density at radius 1 is 1.19 bits per heavy atom. The zero-order chi connectivity index (χ0) is 18.9. The molecule has 0 saturated carbocycles. The number of aryl methyl sites for hydroxylation is 1. The van der Waals surface area contributed by atoms with E-state index >= 15 is 0 Å². The first-order chi connectivity index (χ1) is 12.6. The van der Waals surface area contributed by atoms with Crippen LogP contribution in [-0.4, -0.2) is 56.9 Å². The number of ether oxygens (including phenoxy) is 3. The quantitative estimate of drug-likeness (QED) is 0.804. The number of nitrogens with zero attached hydrogens (tertiary/aromatic N) is 1. The first-order valence-corrected chi connectivity index (χ1v) is 8.99. The normalized spacial score (nSPS) is 14.7. The number of carbonyl (C=O) groups excluding carboxylic acids is 2. The highest BCUT2D eigenvalue weighted by molar-refractivity contribution is 5.76. The molecule has 1 N–H and O–H groups in total. The number of amides is 2. The number of alkyl carbamates (subject to hydrolysis) is 1. The number of hydrogen-bond donors (Lipinski definition) is 1. The molecule has 1 aliphatic rings. The maximum Gasteiger partial charge on any atom is 0.407 e. The lowest BCUT2D eigenvalue weighted by molar-refractivity contribution is -0.132. The molecule has 0 radical (unpaired) electrons. The average molecular weight is 364 g/mol. The summed E-state index contributed by atoms with van der Waals surface area (Å²) in [7, 11) is 2.96. The fraction of sp³-hybridized carbons (Fsp3) is 0.579. The summed E-state index contributed by atoms with van der Waals surface area (Å²) in [5.74, 6) is 1.53. The molecule has 1 aromatic rings. The van der Waals surface area contributed by atoms with Crippen LogP contribution in [0.25, 0.3) is 0 Å². The minimum atomic E-state index is -0.417. The number of nitrogens with one attached hydrogen (secondary N) is 1. The van der Waals surface area contributed by atoms with Gasteiger partial charge < -0.3 is 24.4 Å². The van der Waals surface area contributed by atoms with Crippen LogP contribution < -0.4 is 14.8 Å². The largest absolute Gasteiger partial charge is 0.493 e. The lowest BCUT2D eigenvalue weighted by Gasteiger charge is -2.32. The number of rotatable bonds is 7. The van der Waals surface area contributed by atoms with E-state index in [4.69, 9.17) is 9.47 Å². The van der Waals surface area contributed by atoms with E-state index in [1.165, 1.54) is 7.11 Å². The molecule has 0 bridgehead atoms. The van der Waals surface area contributed by atoms with E-state index < -0.39 is 6.09 Å². The molecule has 7 heteroatoms. The van der Waals surface area contributed by atoms with Crippen LogP contribution in [0.5, 0.6) is 11.5 Å². The van der Waals surface area contributed by atoms with Crippen molar-refractivity contribution in [2.24, 2.45) is 0 Å². The van der Waals surface area contributed by atoms with Crippen molar-refractivity contribution in [3.63, 3.8) is 0 Å². The summed E-state index contributed by atoms with van der Waals surface area (Å²) in [6.45, 7) is 3.81. The number of benzene rings is 1. The van der Waals surface area contributed by atoms with Gasteiger partial charge in [-0.2, -0.15) is 0 Å². The molecule has 26 heavy (non-hydrogen) atoms. The second kappa shape index (κ2) is 9.89. The zero-order valence-electron chi connectivity index (χ0n) is 15.7. The van der Waals surface area contributed by atoms with Gasteiger partial charge in [0.25, 0.3) is 0 Å². The van der Waals surface area contributed by atoms with Gasteiger partial charge in [-0.1, -0.05) is 6.07 Å². The van der Waals surface area contributed by atoms with E-state index in [2.05, 4.69) is 10.1 Å². The third kappa shape index (κ3) is 5.54. The first kappa shape index (κ1) is 19.9. The molecule has 0 aliphatic carbocycles. The molecule has 2 rings (SSSR count). The second-order valence-electron chi connectivity index (χ2n) is 6.21. The predicted octanol–water partition coefficient (Wildman–Crippen LogP) is 2.37. The summed E-state index contributed by atoms with van der Waals surface area (Å²) in [5, 5.41) is 2.79. The van der Waals surface area contributed by atoms with E-state index in [1.54, 1.807) is 7.11 Å². The van der Waals surface area contributed by atoms with Gasteiger partial charge in [0.05, 0.1) is 20.8 Å². The summed E-state index contributed by atoms with van der Waals surface area (Å²) in [5.41, 5.74) is 1.04. The van der Waals surface area contributed by atoms with Crippen molar-refractivity contribution in [2.45, 2.75) is 38.6 Å². The summed E-state index contributed by atoms with van der Waals surface area (Å²) in [6.07, 6.45) is 2.18. The zero-order valence-corrected chi connectivity index (χ0v) is 15.7. The summed E-state index contributed by atoms with van der Waals surface area (Å²) < 4.78 is 15.5. The molecule has 7 nitrogen and oxygen atoms in total. The lowest BCUT2D eigenvalue weighted by Crippen LogP contribution is -2.46. The molecule has 0 unspecified atom stereocenters. The Kier molecular flexibility index (Phi) is 7.56. The van der Waals surface area contributed by atoms with Crippen LogP contribution in [0, 0.1) is 0 Å². The summed E-state index contributed by atoms with van der Waals surface area (Å²) in [4.78, 5) is 25.5. The van der Waals surface area contributed by atoms with Gasteiger partial charge in [-0.15, -0.1) is 0 Å². The van der Waals surface area contributed by atoms with Crippen molar-refractivity contribution >= 4 is 12.0 Å². The monoisotopic (exact) mass is 364 g/mol. The Bertz CT molecular complexity index is 612. The van der Waals surface area contributed by atoms with Crippen LogP contribution in [0.3, 0.4) is 0 Å². The van der Waals surface area contributed by atoms with Crippen LogP contribution in [0.2, 0.25) is 0 Å². The van der Waals surface area contributed by atoms with Crippen LogP contribution in [0.1, 0.15) is 31.7 Å². The molecule has 0 spiro atoms. The van der Waals surface area contributed by atoms with E-state index in [9.17, 15) is 9.59 Å². The smallest absolute Gasteiger partial charge is 0.407 e. The van der Waals surface area contributed by atoms with Crippen molar-refractivity contribution in [3.8, 4) is 11.5 Å². The lowest BCUT2D eigenvalue weighted by atomic mass is 10.0. The van der Waals surface area contributed by atoms with Crippen molar-refractivity contribution in [1.29, 1.82) is 0 Å². The third-order valence-corrected chi connectivity index (χ3v) is 4.51. The summed E-state index contributed by atoms with van der Waals surface area (Å²) in [6, 6.07) is 5.84. The standard InChI is InChI=1S/C19H28N2O5/c1-4-26-16-7-5-14(13-17(16)24-2)6-8-18(22)21-11-9-15(10-12-21)20-19(23)25-3/h5,7,13,15H,4,6,8-12H2,1-3H3,(H,20,23). The highest BCUT2D eigenvalue weighted by Gasteiger charge is 2.23. The molecule has 0 atom stereocenters. The highest BCUT2D eigenvalue weighted by atomic mass is 16.5. The third-order valence-electron chi connectivity index (χ3n) is 4.51. The second-order valence-corrected chi connectivity index (χ2v) is 6.21. The highest BCUT2D eigenvalue weighted by Crippen LogP contribution is 2.28. The maximum absolute atomic E-state index is 12.4. The molecule has 1 aromatic carbocycles. The van der Waals surface area contributed by atoms with Crippen molar-refractivity contribution in [2.75, 3.05) is 33.9 Å². The number of carbonyl (C=O) groups is 2. The first-order valence-electron chi connectivity index (χ1n) is 8.99. The van der Waals surface area contributed by atoms with E-state index in [1.807, 2.05) is 30.0 Å². The van der Waals surface area contributed by atoms with Crippen LogP contribution >= 0.6 is 0 Å². The molecule has 1 heterocycles. The fourth-order valence-electron chi connectivity index (χ4n) is 3.05. The Morgan fingerprint density at radius 3 is 2.54 bits per heavy atom. The van der Waals surface area contributed by atoms with Gasteiger partial charge in [0.1, 0.15) is 0 Å². The maximum atomic E-state index is 12.4. The van der Waals surface area contributed by atoms with Crippen molar-refractivity contribution in [3.05, 3.63) is 23.8 Å². The Hall–Kier alpha value is -2.44. The number of hydrogen-bond acceptors (Lipinski definition) is 5. The Balaban J connectivity index is 1.81. The van der Waals surface area contributed by atoms with E-state index in [0.29, 0.717) is 44.0 Å². The molecule has 2 amide bonds. The van der Waals surface area contributed by atoms with Gasteiger partial charge in [0.15, 0.2) is 11.5 Å². The van der Waals surface area contributed by atoms with Crippen LogP contribution in [-0.2, 0) is 16.0 Å². The molecule has 0 aromatic heterocycles. The van der Waals surface area contributed by atoms with Crippen LogP contribution in [0.15, 0.2) is 18.2 Å². The van der Waals surface area contributed by atoms with Crippen molar-refractivity contribution < 1.29 is 23.8 Å². The minimum Gasteiger partial charge on any atom is -0.493 e. The van der Waals surface area contributed by atoms with Gasteiger partial charge in [-0.3, -0.25) is 4.79 Å². The number of methoxy groups -OCH3 is 2. The molecular weight excluding hydrogens is 336 g/mol. The molecule has 1 fully saturated rings. The van der Waals surface area contributed by atoms with E-state index in [-0.39, 0.29) is 11.9 Å². The van der Waals surface area contributed by atoms with Gasteiger partial charge in [0, 0.05) is 25.6 Å². The topological polar surface area (TPSA) is 77.1 Å². The SMILES string of the molecule is CCOc1ccc(CCC(=O)N2CCC(NC(=O)OC)CC2)cc1OC.